The summed E-state index contributed by atoms with van der Waals surface area (Å²) in [6, 6.07) is 11.3. The summed E-state index contributed by atoms with van der Waals surface area (Å²) in [5.41, 5.74) is 3.58. The van der Waals surface area contributed by atoms with E-state index in [2.05, 4.69) is 61.4 Å². The van der Waals surface area contributed by atoms with Crippen LogP contribution in [0, 0.1) is 6.92 Å². The molecule has 0 radical (unpaired) electrons. The Hall–Kier alpha value is -1.41. The molecule has 1 aromatic heterocycles. The largest absolute Gasteiger partial charge is 0.310 e. The highest BCUT2D eigenvalue weighted by atomic mass is 14.9. The van der Waals surface area contributed by atoms with Gasteiger partial charge in [0.15, 0.2) is 0 Å². The lowest BCUT2D eigenvalue weighted by Gasteiger charge is -2.18. The Morgan fingerprint density at radius 1 is 1.10 bits per heavy atom. The van der Waals surface area contributed by atoms with Gasteiger partial charge in [0.1, 0.15) is 0 Å². The van der Waals surface area contributed by atoms with Crippen LogP contribution >= 0.6 is 0 Å². The first kappa shape index (κ1) is 16.0. The van der Waals surface area contributed by atoms with Crippen LogP contribution in [-0.2, 0) is 6.54 Å². The van der Waals surface area contributed by atoms with E-state index in [1.165, 1.54) is 43.1 Å². The molecule has 1 N–H and O–H groups in total. The topological polar surface area (TPSA) is 24.9 Å². The summed E-state index contributed by atoms with van der Waals surface area (Å²) in [7, 11) is 0. The highest BCUT2D eigenvalue weighted by molar-refractivity contribution is 5.82. The van der Waals surface area contributed by atoms with E-state index in [1.807, 2.05) is 0 Å². The number of unbranched alkanes of at least 4 members (excludes halogenated alkanes) is 1. The van der Waals surface area contributed by atoms with E-state index >= 15 is 0 Å². The Kier molecular flexibility index (Phi) is 6.19. The van der Waals surface area contributed by atoms with E-state index in [4.69, 9.17) is 0 Å². The zero-order valence-corrected chi connectivity index (χ0v) is 13.7. The zero-order valence-electron chi connectivity index (χ0n) is 13.7. The molecule has 2 aromatic rings. The molecule has 2 nitrogen and oxygen atoms in total. The van der Waals surface area contributed by atoms with Crippen LogP contribution in [-0.4, -0.2) is 11.0 Å². The first-order valence-electron chi connectivity index (χ1n) is 8.33. The van der Waals surface area contributed by atoms with E-state index in [0.29, 0.717) is 6.04 Å². The minimum atomic E-state index is 0.641. The van der Waals surface area contributed by atoms with Crippen molar-refractivity contribution in [1.82, 2.24) is 10.3 Å². The molecule has 0 bridgehead atoms. The van der Waals surface area contributed by atoms with Crippen LogP contribution in [0.15, 0.2) is 30.3 Å². The summed E-state index contributed by atoms with van der Waals surface area (Å²) in [4.78, 5) is 4.62. The molecule has 1 atom stereocenters. The third-order valence-electron chi connectivity index (χ3n) is 4.05. The highest BCUT2D eigenvalue weighted by Gasteiger charge is 2.09. The second-order valence-electron chi connectivity index (χ2n) is 5.95. The highest BCUT2D eigenvalue weighted by Crippen LogP contribution is 2.18. The van der Waals surface area contributed by atoms with Crippen LogP contribution in [0.5, 0.6) is 0 Å². The van der Waals surface area contributed by atoms with Crippen LogP contribution in [0.3, 0.4) is 0 Å². The monoisotopic (exact) mass is 284 g/mol. The van der Waals surface area contributed by atoms with E-state index in [0.717, 1.165) is 17.8 Å². The van der Waals surface area contributed by atoms with Crippen LogP contribution in [0.25, 0.3) is 10.9 Å². The summed E-state index contributed by atoms with van der Waals surface area (Å²) in [6.45, 7) is 7.56. The standard InChI is InChI=1S/C19H28N2/c1-4-6-10-17(9-5-2)20-14-16-13-15(3)21-19-12-8-7-11-18(16)19/h7-8,11-13,17,20H,4-6,9-10,14H2,1-3H3. The molecule has 0 amide bonds. The van der Waals surface area contributed by atoms with Crippen molar-refractivity contribution < 1.29 is 0 Å². The average molecular weight is 284 g/mol. The lowest BCUT2D eigenvalue weighted by atomic mass is 10.0. The number of benzene rings is 1. The average Bonchev–Trinajstić information content (AvgIpc) is 2.49. The molecule has 0 aliphatic rings. The predicted molar refractivity (Wildman–Crippen MR) is 91.5 cm³/mol. The van der Waals surface area contributed by atoms with E-state index in [1.54, 1.807) is 0 Å². The molecule has 0 saturated heterocycles. The number of fused-ring (bicyclic) bond motifs is 1. The lowest BCUT2D eigenvalue weighted by Crippen LogP contribution is -2.28. The van der Waals surface area contributed by atoms with Crippen molar-refractivity contribution in [2.24, 2.45) is 0 Å². The van der Waals surface area contributed by atoms with Crippen molar-refractivity contribution in [2.45, 2.75) is 65.5 Å². The van der Waals surface area contributed by atoms with Crippen molar-refractivity contribution in [3.8, 4) is 0 Å². The van der Waals surface area contributed by atoms with Crippen molar-refractivity contribution in [3.63, 3.8) is 0 Å². The number of para-hydroxylation sites is 1. The van der Waals surface area contributed by atoms with Gasteiger partial charge < -0.3 is 5.32 Å². The maximum atomic E-state index is 4.62. The Morgan fingerprint density at radius 2 is 1.90 bits per heavy atom. The second-order valence-corrected chi connectivity index (χ2v) is 5.95. The van der Waals surface area contributed by atoms with Crippen LogP contribution in [0.4, 0.5) is 0 Å². The number of pyridine rings is 1. The Bertz CT molecular complexity index is 562. The molecule has 2 rings (SSSR count). The molecule has 1 heterocycles. The van der Waals surface area contributed by atoms with Gasteiger partial charge in [0.2, 0.25) is 0 Å². The lowest BCUT2D eigenvalue weighted by molar-refractivity contribution is 0.434. The maximum absolute atomic E-state index is 4.62. The van der Waals surface area contributed by atoms with Crippen molar-refractivity contribution in [2.75, 3.05) is 0 Å². The summed E-state index contributed by atoms with van der Waals surface area (Å²) >= 11 is 0. The molecule has 2 heteroatoms. The minimum Gasteiger partial charge on any atom is -0.310 e. The molecule has 0 aliphatic heterocycles. The smallest absolute Gasteiger partial charge is 0.0708 e. The molecule has 114 valence electrons. The van der Waals surface area contributed by atoms with Crippen molar-refractivity contribution in [1.29, 1.82) is 0 Å². The zero-order chi connectivity index (χ0) is 15.1. The Morgan fingerprint density at radius 3 is 2.67 bits per heavy atom. The molecule has 1 unspecified atom stereocenters. The maximum Gasteiger partial charge on any atom is 0.0708 e. The first-order valence-corrected chi connectivity index (χ1v) is 8.33. The van der Waals surface area contributed by atoms with E-state index < -0.39 is 0 Å². The molecular formula is C19H28N2. The second kappa shape index (κ2) is 8.14. The summed E-state index contributed by atoms with van der Waals surface area (Å²) < 4.78 is 0. The van der Waals surface area contributed by atoms with Gasteiger partial charge in [-0.25, -0.2) is 0 Å². The van der Waals surface area contributed by atoms with Crippen LogP contribution in [0.2, 0.25) is 0 Å². The Balaban J connectivity index is 2.11. The minimum absolute atomic E-state index is 0.641. The fraction of sp³-hybridized carbons (Fsp3) is 0.526. The van der Waals surface area contributed by atoms with E-state index in [-0.39, 0.29) is 0 Å². The third-order valence-corrected chi connectivity index (χ3v) is 4.05. The van der Waals surface area contributed by atoms with Crippen molar-refractivity contribution >= 4 is 10.9 Å². The Labute approximate surface area is 129 Å². The molecular weight excluding hydrogens is 256 g/mol. The summed E-state index contributed by atoms with van der Waals surface area (Å²) in [5, 5.41) is 5.04. The molecule has 0 fully saturated rings. The third kappa shape index (κ3) is 4.53. The van der Waals surface area contributed by atoms with Gasteiger partial charge in [0.25, 0.3) is 0 Å². The SMILES string of the molecule is CCCCC(CCC)NCc1cc(C)nc2ccccc12. The molecule has 1 aromatic carbocycles. The number of aromatic nitrogens is 1. The number of rotatable bonds is 8. The van der Waals surface area contributed by atoms with Gasteiger partial charge in [-0.3, -0.25) is 4.98 Å². The van der Waals surface area contributed by atoms with E-state index in [9.17, 15) is 0 Å². The normalized spacial score (nSPS) is 12.7. The molecule has 21 heavy (non-hydrogen) atoms. The fourth-order valence-electron chi connectivity index (χ4n) is 2.94. The molecule has 0 aliphatic carbocycles. The van der Waals surface area contributed by atoms with Gasteiger partial charge in [0, 0.05) is 23.7 Å². The van der Waals surface area contributed by atoms with Crippen molar-refractivity contribution in [3.05, 3.63) is 41.6 Å². The van der Waals surface area contributed by atoms with Gasteiger partial charge in [-0.15, -0.1) is 0 Å². The summed E-state index contributed by atoms with van der Waals surface area (Å²) in [6.07, 6.45) is 6.39. The predicted octanol–water partition coefficient (Wildman–Crippen LogP) is 4.99. The van der Waals surface area contributed by atoms with Gasteiger partial charge in [-0.05, 0) is 37.5 Å². The van der Waals surface area contributed by atoms with Crippen LogP contribution < -0.4 is 5.32 Å². The number of hydrogen-bond donors (Lipinski definition) is 1. The number of nitrogens with one attached hydrogen (secondary N) is 1. The van der Waals surface area contributed by atoms with Crippen LogP contribution in [0.1, 0.15) is 57.2 Å². The van der Waals surface area contributed by atoms with Gasteiger partial charge in [-0.2, -0.15) is 0 Å². The fourth-order valence-corrected chi connectivity index (χ4v) is 2.94. The number of aryl methyl sites for hydroxylation is 1. The van der Waals surface area contributed by atoms with Gasteiger partial charge >= 0.3 is 0 Å². The molecule has 0 saturated carbocycles. The summed E-state index contributed by atoms with van der Waals surface area (Å²) in [5.74, 6) is 0. The number of nitrogens with zero attached hydrogens (tertiary/aromatic N) is 1. The van der Waals surface area contributed by atoms with Gasteiger partial charge in [-0.1, -0.05) is 51.3 Å². The quantitative estimate of drug-likeness (QED) is 0.738. The molecule has 0 spiro atoms. The van der Waals surface area contributed by atoms with Gasteiger partial charge in [0.05, 0.1) is 5.52 Å². The first-order chi connectivity index (χ1) is 10.2. The number of hydrogen-bond acceptors (Lipinski definition) is 2.